The maximum Gasteiger partial charge on any atom is 0.410 e. The first-order valence-electron chi connectivity index (χ1n) is 7.13. The Labute approximate surface area is 116 Å². The van der Waals surface area contributed by atoms with E-state index in [1.807, 2.05) is 26.8 Å². The number of carbonyl (C=O) groups excluding carboxylic acids is 1. The van der Waals surface area contributed by atoms with E-state index in [-0.39, 0.29) is 12.2 Å². The van der Waals surface area contributed by atoms with Gasteiger partial charge in [-0.25, -0.2) is 4.79 Å². The Morgan fingerprint density at radius 1 is 1.32 bits per heavy atom. The molecule has 0 aromatic heterocycles. The number of ether oxygens (including phenoxy) is 2. The van der Waals surface area contributed by atoms with E-state index in [1.54, 1.807) is 4.90 Å². The third kappa shape index (κ3) is 6.62. The average Bonchev–Trinajstić information content (AvgIpc) is 2.22. The first-order valence-corrected chi connectivity index (χ1v) is 7.13. The van der Waals surface area contributed by atoms with Gasteiger partial charge in [0.2, 0.25) is 0 Å². The molecule has 1 amide bonds. The van der Waals surface area contributed by atoms with Crippen LogP contribution in [0.15, 0.2) is 12.7 Å². The van der Waals surface area contributed by atoms with Crippen molar-refractivity contribution in [2.75, 3.05) is 19.7 Å². The molecule has 0 aliphatic carbocycles. The highest BCUT2D eigenvalue weighted by Gasteiger charge is 2.34. The average molecular weight is 269 g/mol. The van der Waals surface area contributed by atoms with Crippen molar-refractivity contribution in [1.82, 2.24) is 4.90 Å². The number of unbranched alkanes of at least 4 members (excludes halogenated alkanes) is 3. The lowest BCUT2D eigenvalue weighted by atomic mass is 10.1. The number of hydrogen-bond donors (Lipinski definition) is 0. The summed E-state index contributed by atoms with van der Waals surface area (Å²) in [7, 11) is 0. The zero-order chi connectivity index (χ0) is 14.3. The lowest BCUT2D eigenvalue weighted by molar-refractivity contribution is -0.0637. The van der Waals surface area contributed by atoms with Crippen LogP contribution in [0.2, 0.25) is 0 Å². The molecule has 0 aromatic rings. The van der Waals surface area contributed by atoms with E-state index >= 15 is 0 Å². The summed E-state index contributed by atoms with van der Waals surface area (Å²) in [5.74, 6) is 0. The summed E-state index contributed by atoms with van der Waals surface area (Å²) in [5.41, 5.74) is -0.422. The summed E-state index contributed by atoms with van der Waals surface area (Å²) in [6.07, 6.45) is 6.42. The lowest BCUT2D eigenvalue weighted by Gasteiger charge is -2.39. The maximum atomic E-state index is 11.7. The molecular formula is C15H27NO3. The minimum Gasteiger partial charge on any atom is -0.444 e. The molecule has 0 radical (unpaired) electrons. The van der Waals surface area contributed by atoms with Gasteiger partial charge in [-0.05, 0) is 40.0 Å². The highest BCUT2D eigenvalue weighted by molar-refractivity contribution is 5.69. The van der Waals surface area contributed by atoms with Crippen LogP contribution >= 0.6 is 0 Å². The summed E-state index contributed by atoms with van der Waals surface area (Å²) in [5, 5.41) is 0. The van der Waals surface area contributed by atoms with Crippen molar-refractivity contribution in [1.29, 1.82) is 0 Å². The minimum absolute atomic E-state index is 0.187. The fraction of sp³-hybridized carbons (Fsp3) is 0.800. The second-order valence-corrected chi connectivity index (χ2v) is 6.02. The van der Waals surface area contributed by atoms with E-state index in [9.17, 15) is 4.79 Å². The standard InChI is InChI=1S/C15H27NO3/c1-5-6-7-8-9-10-18-13-11-16(12-13)14(17)19-15(2,3)4/h5,13H,1,6-12H2,2-4H3. The Morgan fingerprint density at radius 2 is 2.00 bits per heavy atom. The monoisotopic (exact) mass is 269 g/mol. The van der Waals surface area contributed by atoms with Crippen LogP contribution in [-0.2, 0) is 9.47 Å². The van der Waals surface area contributed by atoms with E-state index in [0.29, 0.717) is 13.1 Å². The van der Waals surface area contributed by atoms with Crippen LogP contribution in [0.1, 0.15) is 46.5 Å². The van der Waals surface area contributed by atoms with Gasteiger partial charge in [0.1, 0.15) is 5.60 Å². The molecule has 0 bridgehead atoms. The van der Waals surface area contributed by atoms with Crippen molar-refractivity contribution >= 4 is 6.09 Å². The number of carbonyl (C=O) groups is 1. The molecule has 1 saturated heterocycles. The van der Waals surface area contributed by atoms with Crippen molar-refractivity contribution in [3.63, 3.8) is 0 Å². The van der Waals surface area contributed by atoms with Gasteiger partial charge in [0.25, 0.3) is 0 Å². The highest BCUT2D eigenvalue weighted by atomic mass is 16.6. The molecule has 19 heavy (non-hydrogen) atoms. The summed E-state index contributed by atoms with van der Waals surface area (Å²) < 4.78 is 11.0. The largest absolute Gasteiger partial charge is 0.444 e. The van der Waals surface area contributed by atoms with Crippen LogP contribution in [0.25, 0.3) is 0 Å². The van der Waals surface area contributed by atoms with Crippen molar-refractivity contribution in [2.45, 2.75) is 58.2 Å². The molecule has 1 fully saturated rings. The van der Waals surface area contributed by atoms with E-state index in [1.165, 1.54) is 12.8 Å². The van der Waals surface area contributed by atoms with Crippen molar-refractivity contribution < 1.29 is 14.3 Å². The van der Waals surface area contributed by atoms with Gasteiger partial charge in [-0.3, -0.25) is 0 Å². The molecule has 4 nitrogen and oxygen atoms in total. The summed E-state index contributed by atoms with van der Waals surface area (Å²) >= 11 is 0. The van der Waals surface area contributed by atoms with Crippen molar-refractivity contribution in [3.05, 3.63) is 12.7 Å². The molecule has 0 N–H and O–H groups in total. The molecule has 1 heterocycles. The highest BCUT2D eigenvalue weighted by Crippen LogP contribution is 2.17. The van der Waals surface area contributed by atoms with E-state index in [2.05, 4.69) is 6.58 Å². The fourth-order valence-electron chi connectivity index (χ4n) is 1.84. The lowest BCUT2D eigenvalue weighted by Crippen LogP contribution is -2.55. The number of likely N-dealkylation sites (tertiary alicyclic amines) is 1. The van der Waals surface area contributed by atoms with Gasteiger partial charge in [-0.1, -0.05) is 12.5 Å². The van der Waals surface area contributed by atoms with E-state index in [4.69, 9.17) is 9.47 Å². The third-order valence-electron chi connectivity index (χ3n) is 2.91. The predicted octanol–water partition coefficient (Wildman–Crippen LogP) is 3.37. The van der Waals surface area contributed by atoms with Crippen LogP contribution in [0.5, 0.6) is 0 Å². The summed E-state index contributed by atoms with van der Waals surface area (Å²) in [4.78, 5) is 13.4. The molecule has 0 spiro atoms. The first-order chi connectivity index (χ1) is 8.92. The van der Waals surface area contributed by atoms with Gasteiger partial charge in [-0.2, -0.15) is 0 Å². The SMILES string of the molecule is C=CCCCCCOC1CN(C(=O)OC(C)(C)C)C1. The van der Waals surface area contributed by atoms with Gasteiger partial charge in [0, 0.05) is 6.61 Å². The topological polar surface area (TPSA) is 38.8 Å². The Bertz CT molecular complexity index is 290. The van der Waals surface area contributed by atoms with Crippen LogP contribution < -0.4 is 0 Å². The molecule has 1 rings (SSSR count). The van der Waals surface area contributed by atoms with Crippen LogP contribution in [0.3, 0.4) is 0 Å². The van der Waals surface area contributed by atoms with Crippen molar-refractivity contribution in [3.8, 4) is 0 Å². The Balaban J connectivity index is 2.01. The van der Waals surface area contributed by atoms with Gasteiger partial charge in [-0.15, -0.1) is 6.58 Å². The van der Waals surface area contributed by atoms with Gasteiger partial charge < -0.3 is 14.4 Å². The summed E-state index contributed by atoms with van der Waals surface area (Å²) in [6.45, 7) is 11.4. The molecule has 0 saturated carbocycles. The van der Waals surface area contributed by atoms with Crippen molar-refractivity contribution in [2.24, 2.45) is 0 Å². The Hall–Kier alpha value is -1.03. The molecule has 1 aliphatic heterocycles. The number of allylic oxidation sites excluding steroid dienone is 1. The quantitative estimate of drug-likeness (QED) is 0.525. The van der Waals surface area contributed by atoms with Crippen LogP contribution in [-0.4, -0.2) is 42.4 Å². The van der Waals surface area contributed by atoms with Gasteiger partial charge in [0.05, 0.1) is 19.2 Å². The molecule has 0 unspecified atom stereocenters. The normalized spacial score (nSPS) is 16.1. The van der Waals surface area contributed by atoms with Gasteiger partial charge in [0.15, 0.2) is 0 Å². The summed E-state index contributed by atoms with van der Waals surface area (Å²) in [6, 6.07) is 0. The Morgan fingerprint density at radius 3 is 2.58 bits per heavy atom. The first kappa shape index (κ1) is 16.0. The zero-order valence-electron chi connectivity index (χ0n) is 12.5. The van der Waals surface area contributed by atoms with E-state index < -0.39 is 5.60 Å². The van der Waals surface area contributed by atoms with Gasteiger partial charge >= 0.3 is 6.09 Å². The molecular weight excluding hydrogens is 242 g/mol. The Kier molecular flexibility index (Phi) is 6.35. The second-order valence-electron chi connectivity index (χ2n) is 6.02. The minimum atomic E-state index is -0.422. The second kappa shape index (κ2) is 7.53. The zero-order valence-corrected chi connectivity index (χ0v) is 12.5. The third-order valence-corrected chi connectivity index (χ3v) is 2.91. The number of nitrogens with zero attached hydrogens (tertiary/aromatic N) is 1. The maximum absolute atomic E-state index is 11.7. The smallest absolute Gasteiger partial charge is 0.410 e. The molecule has 4 heteroatoms. The number of hydrogen-bond acceptors (Lipinski definition) is 3. The van der Waals surface area contributed by atoms with E-state index in [0.717, 1.165) is 19.4 Å². The molecule has 0 aromatic carbocycles. The predicted molar refractivity (Wildman–Crippen MR) is 76.2 cm³/mol. The molecule has 110 valence electrons. The van der Waals surface area contributed by atoms with Crippen LogP contribution in [0.4, 0.5) is 4.79 Å². The van der Waals surface area contributed by atoms with Crippen LogP contribution in [0, 0.1) is 0 Å². The molecule has 1 aliphatic rings. The number of rotatable bonds is 7. The molecule has 0 atom stereocenters. The number of amides is 1. The fourth-order valence-corrected chi connectivity index (χ4v) is 1.84.